The molecule has 12 heavy (non-hydrogen) atoms. The summed E-state index contributed by atoms with van der Waals surface area (Å²) < 4.78 is 2.69. The first-order chi connectivity index (χ1) is 5.68. The fourth-order valence-corrected chi connectivity index (χ4v) is 3.45. The normalized spacial score (nSPS) is 38.8. The van der Waals surface area contributed by atoms with Crippen molar-refractivity contribution in [3.63, 3.8) is 0 Å². The summed E-state index contributed by atoms with van der Waals surface area (Å²) in [5.74, 6) is 0. The second-order valence-corrected chi connectivity index (χ2v) is 6.53. The van der Waals surface area contributed by atoms with Crippen LogP contribution in [0.2, 0.25) is 0 Å². The van der Waals surface area contributed by atoms with Gasteiger partial charge in [-0.25, -0.2) is 11.1 Å². The van der Waals surface area contributed by atoms with Gasteiger partial charge >= 0.3 is 0 Å². The van der Waals surface area contributed by atoms with Gasteiger partial charge in [0.2, 0.25) is 0 Å². The van der Waals surface area contributed by atoms with Crippen molar-refractivity contribution in [1.29, 1.82) is 0 Å². The molecule has 2 rings (SSSR count). The number of hydrogen-bond acceptors (Lipinski definition) is 2. The van der Waals surface area contributed by atoms with Crippen LogP contribution < -0.4 is 0 Å². The fourth-order valence-electron chi connectivity index (χ4n) is 2.42. The predicted molar refractivity (Wildman–Crippen MR) is 57.0 cm³/mol. The molecule has 2 aliphatic heterocycles. The number of rotatable bonds is 1. The molecule has 72 valence electrons. The lowest BCUT2D eigenvalue weighted by Crippen LogP contribution is -2.50. The van der Waals surface area contributed by atoms with E-state index in [-0.39, 0.29) is 11.1 Å². The van der Waals surface area contributed by atoms with Crippen molar-refractivity contribution in [2.45, 2.75) is 24.9 Å². The lowest BCUT2D eigenvalue weighted by Gasteiger charge is -2.41. The second kappa shape index (κ2) is 3.20. The number of piperazine rings is 1. The Kier molecular flexibility index (Phi) is 2.36. The van der Waals surface area contributed by atoms with E-state index in [4.69, 9.17) is 0 Å². The highest BCUT2D eigenvalue weighted by atomic mass is 32.2. The molecular formula is C9H20N2S. The predicted octanol–water partition coefficient (Wildman–Crippen LogP) is 0.941. The Morgan fingerprint density at radius 3 is 2.00 bits per heavy atom. The Morgan fingerprint density at radius 1 is 1.08 bits per heavy atom. The molecule has 2 bridgehead atoms. The zero-order valence-electron chi connectivity index (χ0n) is 8.32. The van der Waals surface area contributed by atoms with E-state index in [9.17, 15) is 0 Å². The summed E-state index contributed by atoms with van der Waals surface area (Å²) in [6.07, 6.45) is 7.61. The molecular weight excluding hydrogens is 168 g/mol. The second-order valence-electron chi connectivity index (χ2n) is 4.27. The van der Waals surface area contributed by atoms with Crippen molar-refractivity contribution in [3.05, 3.63) is 0 Å². The summed E-state index contributed by atoms with van der Waals surface area (Å²) in [6.45, 7) is 2.65. The monoisotopic (exact) mass is 188 g/mol. The molecule has 2 unspecified atom stereocenters. The molecule has 2 nitrogen and oxygen atoms in total. The summed E-state index contributed by atoms with van der Waals surface area (Å²) in [5, 5.41) is 0. The Hall–Kier alpha value is 0.270. The van der Waals surface area contributed by atoms with E-state index in [0.29, 0.717) is 0 Å². The third kappa shape index (κ3) is 1.38. The van der Waals surface area contributed by atoms with Gasteiger partial charge in [-0.1, -0.05) is 0 Å². The molecule has 2 aliphatic rings. The van der Waals surface area contributed by atoms with Crippen molar-refractivity contribution in [3.8, 4) is 0 Å². The van der Waals surface area contributed by atoms with Crippen molar-refractivity contribution in [1.82, 2.24) is 9.21 Å². The van der Waals surface area contributed by atoms with E-state index in [1.165, 1.54) is 25.9 Å². The van der Waals surface area contributed by atoms with Gasteiger partial charge in [0, 0.05) is 25.2 Å². The average molecular weight is 188 g/mol. The molecule has 0 aromatic carbocycles. The van der Waals surface area contributed by atoms with Crippen LogP contribution in [-0.4, -0.2) is 53.9 Å². The highest BCUT2D eigenvalue weighted by molar-refractivity contribution is 8.13. The molecule has 0 radical (unpaired) electrons. The van der Waals surface area contributed by atoms with E-state index < -0.39 is 0 Å². The summed E-state index contributed by atoms with van der Waals surface area (Å²) >= 11 is 0.156. The van der Waals surface area contributed by atoms with Crippen LogP contribution in [-0.2, 0) is 0 Å². The molecule has 3 heteroatoms. The van der Waals surface area contributed by atoms with Gasteiger partial charge in [-0.15, -0.1) is 0 Å². The first-order valence-electron chi connectivity index (χ1n) is 4.82. The quantitative estimate of drug-likeness (QED) is 0.612. The third-order valence-corrected chi connectivity index (χ3v) is 4.85. The number of fused-ring (bicyclic) bond motifs is 2. The molecule has 2 saturated heterocycles. The van der Waals surface area contributed by atoms with E-state index in [0.717, 1.165) is 12.1 Å². The maximum Gasteiger partial charge on any atom is 0.0232 e. The lowest BCUT2D eigenvalue weighted by molar-refractivity contribution is 0.146. The van der Waals surface area contributed by atoms with Crippen LogP contribution in [0.3, 0.4) is 0 Å². The maximum absolute atomic E-state index is 2.69. The average Bonchev–Trinajstić information content (AvgIpc) is 2.30. The van der Waals surface area contributed by atoms with Crippen molar-refractivity contribution < 1.29 is 0 Å². The van der Waals surface area contributed by atoms with E-state index in [1.54, 1.807) is 0 Å². The van der Waals surface area contributed by atoms with E-state index >= 15 is 0 Å². The molecule has 0 N–H and O–H groups in total. The highest BCUT2D eigenvalue weighted by Gasteiger charge is 2.37. The van der Waals surface area contributed by atoms with Crippen LogP contribution in [0.25, 0.3) is 0 Å². The van der Waals surface area contributed by atoms with Crippen molar-refractivity contribution in [2.24, 2.45) is 0 Å². The Morgan fingerprint density at radius 2 is 1.58 bits per heavy atom. The van der Waals surface area contributed by atoms with E-state index in [1.807, 2.05) is 0 Å². The molecule has 0 amide bonds. The zero-order valence-corrected chi connectivity index (χ0v) is 9.22. The van der Waals surface area contributed by atoms with Gasteiger partial charge in [-0.05, 0) is 32.4 Å². The van der Waals surface area contributed by atoms with Crippen LogP contribution >= 0.6 is 11.1 Å². The molecule has 0 saturated carbocycles. The molecule has 0 aromatic rings. The van der Waals surface area contributed by atoms with Gasteiger partial charge < -0.3 is 0 Å². The van der Waals surface area contributed by atoms with Crippen LogP contribution in [0.5, 0.6) is 0 Å². The topological polar surface area (TPSA) is 6.48 Å². The van der Waals surface area contributed by atoms with Crippen molar-refractivity contribution >= 4 is 11.1 Å². The largest absolute Gasteiger partial charge is 0.298 e. The minimum Gasteiger partial charge on any atom is -0.298 e. The number of thiol groups is 1. The molecule has 2 atom stereocenters. The molecule has 2 fully saturated rings. The van der Waals surface area contributed by atoms with Gasteiger partial charge in [-0.3, -0.25) is 9.21 Å². The summed E-state index contributed by atoms with van der Waals surface area (Å²) in [7, 11) is 2.30. The Balaban J connectivity index is 2.02. The molecule has 2 heterocycles. The number of hydrogen-bond donors (Lipinski definition) is 1. The summed E-state index contributed by atoms with van der Waals surface area (Å²) in [6, 6.07) is 1.74. The van der Waals surface area contributed by atoms with Gasteiger partial charge in [0.1, 0.15) is 0 Å². The minimum atomic E-state index is 0.156. The van der Waals surface area contributed by atoms with Gasteiger partial charge in [-0.2, -0.15) is 0 Å². The van der Waals surface area contributed by atoms with Crippen LogP contribution in [0, 0.1) is 0 Å². The number of likely N-dealkylation sites (N-methyl/N-ethyl adjacent to an activating group) is 1. The van der Waals surface area contributed by atoms with Gasteiger partial charge in [0.05, 0.1) is 0 Å². The summed E-state index contributed by atoms with van der Waals surface area (Å²) in [4.78, 5) is 2.59. The fraction of sp³-hybridized carbons (Fsp3) is 1.00. The Bertz CT molecular complexity index is 158. The van der Waals surface area contributed by atoms with Crippen LogP contribution in [0.4, 0.5) is 0 Å². The smallest absolute Gasteiger partial charge is 0.0232 e. The molecule has 0 spiro atoms. The first kappa shape index (κ1) is 8.85. The zero-order chi connectivity index (χ0) is 8.72. The maximum atomic E-state index is 2.69. The van der Waals surface area contributed by atoms with Crippen LogP contribution in [0.1, 0.15) is 12.8 Å². The molecule has 0 aliphatic carbocycles. The van der Waals surface area contributed by atoms with E-state index in [2.05, 4.69) is 28.8 Å². The SMILES string of the molecule is CN1C2CCC1CN([SH](C)C)C2. The van der Waals surface area contributed by atoms with Crippen LogP contribution in [0.15, 0.2) is 0 Å². The Labute approximate surface area is 78.4 Å². The van der Waals surface area contributed by atoms with Gasteiger partial charge in [0.25, 0.3) is 0 Å². The van der Waals surface area contributed by atoms with Gasteiger partial charge in [0.15, 0.2) is 0 Å². The standard InChI is InChI=1S/C9H20N2S/c1-10-8-4-5-9(10)7-11(6-8)12(2)3/h8-9,12H,4-7H2,1-3H3. The third-order valence-electron chi connectivity index (χ3n) is 3.39. The lowest BCUT2D eigenvalue weighted by atomic mass is 10.2. The molecule has 0 aromatic heterocycles. The number of nitrogens with zero attached hydrogens (tertiary/aromatic N) is 2. The highest BCUT2D eigenvalue weighted by Crippen LogP contribution is 2.34. The minimum absolute atomic E-state index is 0.156. The first-order valence-corrected chi connectivity index (χ1v) is 7.01. The van der Waals surface area contributed by atoms with Crippen molar-refractivity contribution in [2.75, 3.05) is 32.6 Å². The summed E-state index contributed by atoms with van der Waals surface area (Å²) in [5.41, 5.74) is 0.